The summed E-state index contributed by atoms with van der Waals surface area (Å²) in [6.07, 6.45) is 0.419. The van der Waals surface area contributed by atoms with Crippen molar-refractivity contribution in [3.8, 4) is 11.3 Å². The number of hydrogen-bond acceptors (Lipinski definition) is 7. The topological polar surface area (TPSA) is 137 Å². The van der Waals surface area contributed by atoms with Gasteiger partial charge >= 0.3 is 12.1 Å². The monoisotopic (exact) mass is 558 g/mol. The van der Waals surface area contributed by atoms with E-state index in [1.165, 1.54) is 17.0 Å². The van der Waals surface area contributed by atoms with Gasteiger partial charge in [-0.1, -0.05) is 59.2 Å². The molecule has 1 saturated carbocycles. The number of aromatic nitrogens is 1. The Bertz CT molecular complexity index is 1330. The molecular weight excluding hydrogens is 531 g/mol. The number of benzene rings is 2. The molecule has 10 nitrogen and oxygen atoms in total. The Morgan fingerprint density at radius 3 is 2.77 bits per heavy atom. The summed E-state index contributed by atoms with van der Waals surface area (Å²) in [6.45, 7) is 0.0407. The molecule has 4 rings (SSSR count). The van der Waals surface area contributed by atoms with Crippen LogP contribution in [-0.2, 0) is 11.3 Å². The molecule has 39 heavy (non-hydrogen) atoms. The zero-order valence-corrected chi connectivity index (χ0v) is 21.8. The van der Waals surface area contributed by atoms with Crippen LogP contribution in [-0.4, -0.2) is 52.1 Å². The lowest BCUT2D eigenvalue weighted by Crippen LogP contribution is -2.56. The molecule has 1 fully saturated rings. The molecule has 0 radical (unpaired) electrons. The predicted molar refractivity (Wildman–Crippen MR) is 142 cm³/mol. The molecule has 0 spiro atoms. The largest absolute Gasteiger partial charge is 0.512 e. The minimum Gasteiger partial charge on any atom is -0.512 e. The molecule has 0 bridgehead atoms. The molecule has 2 aromatic carbocycles. The molecule has 3 amide bonds. The Balaban J connectivity index is 1.30. The summed E-state index contributed by atoms with van der Waals surface area (Å²) in [5, 5.41) is 28.2. The number of halogens is 2. The fraction of sp³-hybridized carbons (Fsp3) is 0.296. The molecule has 1 heterocycles. The van der Waals surface area contributed by atoms with Crippen molar-refractivity contribution >= 4 is 29.6 Å². The van der Waals surface area contributed by atoms with Crippen LogP contribution in [0.25, 0.3) is 11.3 Å². The number of carbonyl (C=O) groups is 2. The minimum absolute atomic E-state index is 0.0136. The molecule has 1 aliphatic carbocycles. The van der Waals surface area contributed by atoms with Crippen molar-refractivity contribution in [2.24, 2.45) is 11.8 Å². The first-order valence-electron chi connectivity index (χ1n) is 12.2. The van der Waals surface area contributed by atoms with E-state index in [1.54, 1.807) is 19.2 Å². The molecule has 3 aromatic rings. The highest BCUT2D eigenvalue weighted by atomic mass is 35.5. The molecule has 12 heteroatoms. The van der Waals surface area contributed by atoms with Crippen LogP contribution in [0.15, 0.2) is 71.1 Å². The van der Waals surface area contributed by atoms with E-state index < -0.39 is 17.9 Å². The van der Waals surface area contributed by atoms with Gasteiger partial charge in [-0.3, -0.25) is 5.32 Å². The number of nitrogens with zero attached hydrogens (tertiary/aromatic N) is 2. The number of nitrogens with one attached hydrogen (secondary N) is 2. The Labute approximate surface area is 229 Å². The smallest absolute Gasteiger partial charge is 0.414 e. The van der Waals surface area contributed by atoms with Gasteiger partial charge in [0.25, 0.3) is 0 Å². The van der Waals surface area contributed by atoms with E-state index >= 15 is 0 Å². The van der Waals surface area contributed by atoms with Crippen LogP contribution in [0.1, 0.15) is 18.4 Å². The standard InChI is InChI=1S/C27H28ClFN4O6/c1-33(26(36)30-13-17-8-5-9-21(29)25(17)28)23-10-18(20(23)11-19(35)14-34)15-38-27(37)31-24-12-22(32-39-24)16-6-3-2-4-7-16/h2-9,12,14,18,20,23,34-35H,10-11,13,15H2,1H3,(H,30,36)(H,31,37)/b19-14-/t18?,20-,23?/m0/s1. The van der Waals surface area contributed by atoms with E-state index in [4.69, 9.17) is 20.9 Å². The maximum atomic E-state index is 13.7. The molecule has 4 N–H and O–H groups in total. The zero-order valence-electron chi connectivity index (χ0n) is 21.0. The number of rotatable bonds is 9. The molecule has 2 unspecified atom stereocenters. The van der Waals surface area contributed by atoms with Gasteiger partial charge in [-0.2, -0.15) is 0 Å². The van der Waals surface area contributed by atoms with Crippen molar-refractivity contribution in [1.29, 1.82) is 0 Å². The Kier molecular flexibility index (Phi) is 8.92. The number of carbonyl (C=O) groups excluding carboxylic acids is 2. The van der Waals surface area contributed by atoms with Crippen LogP contribution in [0, 0.1) is 17.7 Å². The maximum absolute atomic E-state index is 13.7. The summed E-state index contributed by atoms with van der Waals surface area (Å²) < 4.78 is 24.2. The van der Waals surface area contributed by atoms with E-state index in [1.807, 2.05) is 30.3 Å². The summed E-state index contributed by atoms with van der Waals surface area (Å²) in [7, 11) is 1.60. The van der Waals surface area contributed by atoms with Crippen LogP contribution >= 0.6 is 11.6 Å². The number of aliphatic hydroxyl groups is 2. The molecular formula is C27H28ClFN4O6. The van der Waals surface area contributed by atoms with Gasteiger partial charge in [-0.15, -0.1) is 0 Å². The van der Waals surface area contributed by atoms with Gasteiger partial charge < -0.3 is 29.7 Å². The van der Waals surface area contributed by atoms with Crippen LogP contribution in [0.5, 0.6) is 0 Å². The minimum atomic E-state index is -0.743. The third-order valence-corrected chi connectivity index (χ3v) is 7.17. The van der Waals surface area contributed by atoms with E-state index in [0.717, 1.165) is 5.56 Å². The van der Waals surface area contributed by atoms with Crippen molar-refractivity contribution in [3.05, 3.63) is 83.0 Å². The summed E-state index contributed by atoms with van der Waals surface area (Å²) in [5.41, 5.74) is 1.82. The highest BCUT2D eigenvalue weighted by molar-refractivity contribution is 6.31. The van der Waals surface area contributed by atoms with Crippen LogP contribution in [0.3, 0.4) is 0 Å². The quantitative estimate of drug-likeness (QED) is 0.241. The number of ether oxygens (including phenoxy) is 1. The average Bonchev–Trinajstić information content (AvgIpc) is 3.40. The molecule has 3 atom stereocenters. The second kappa shape index (κ2) is 12.5. The number of allylic oxidation sites excluding steroid dienone is 1. The summed E-state index contributed by atoms with van der Waals surface area (Å²) in [5.74, 6) is -1.20. The summed E-state index contributed by atoms with van der Waals surface area (Å²) in [4.78, 5) is 26.6. The van der Waals surface area contributed by atoms with Crippen LogP contribution in [0.4, 0.5) is 19.9 Å². The number of hydrogen-bond donors (Lipinski definition) is 4. The third kappa shape index (κ3) is 6.80. The number of amides is 3. The highest BCUT2D eigenvalue weighted by Gasteiger charge is 2.45. The van der Waals surface area contributed by atoms with Gasteiger partial charge in [-0.05, 0) is 24.0 Å². The zero-order chi connectivity index (χ0) is 27.9. The Hall–Kier alpha value is -4.25. The van der Waals surface area contributed by atoms with E-state index in [-0.39, 0.29) is 54.1 Å². The fourth-order valence-electron chi connectivity index (χ4n) is 4.54. The molecule has 1 aliphatic rings. The lowest BCUT2D eigenvalue weighted by Gasteiger charge is -2.48. The summed E-state index contributed by atoms with van der Waals surface area (Å²) in [6, 6.07) is 14.5. The molecule has 0 aliphatic heterocycles. The van der Waals surface area contributed by atoms with Gasteiger partial charge in [0.05, 0.1) is 11.6 Å². The van der Waals surface area contributed by atoms with Crippen LogP contribution in [0.2, 0.25) is 5.02 Å². The normalized spacial score (nSPS) is 18.6. The first-order chi connectivity index (χ1) is 18.8. The SMILES string of the molecule is CN(C(=O)NCc1cccc(F)c1Cl)C1CC(COC(=O)Nc2cc(-c3ccccc3)no2)[C@@H]1C/C(O)=C/O. The number of urea groups is 1. The van der Waals surface area contributed by atoms with Crippen molar-refractivity contribution < 1.29 is 33.5 Å². The Morgan fingerprint density at radius 2 is 2.03 bits per heavy atom. The first-order valence-corrected chi connectivity index (χ1v) is 12.6. The second-order valence-electron chi connectivity index (χ2n) is 9.20. The van der Waals surface area contributed by atoms with Gasteiger partial charge in [0.2, 0.25) is 5.88 Å². The van der Waals surface area contributed by atoms with E-state index in [9.17, 15) is 24.2 Å². The van der Waals surface area contributed by atoms with Crippen molar-refractivity contribution in [3.63, 3.8) is 0 Å². The fourth-order valence-corrected chi connectivity index (χ4v) is 4.73. The third-order valence-electron chi connectivity index (χ3n) is 6.75. The van der Waals surface area contributed by atoms with Gasteiger partial charge in [0.1, 0.15) is 23.5 Å². The molecule has 206 valence electrons. The average molecular weight is 559 g/mol. The highest BCUT2D eigenvalue weighted by Crippen LogP contribution is 2.42. The maximum Gasteiger partial charge on any atom is 0.414 e. The van der Waals surface area contributed by atoms with Crippen molar-refractivity contribution in [2.75, 3.05) is 19.0 Å². The second-order valence-corrected chi connectivity index (χ2v) is 9.58. The lowest BCUT2D eigenvalue weighted by molar-refractivity contribution is -0.00468. The van der Waals surface area contributed by atoms with E-state index in [2.05, 4.69) is 15.8 Å². The number of anilines is 1. The van der Waals surface area contributed by atoms with E-state index in [0.29, 0.717) is 23.9 Å². The Morgan fingerprint density at radius 1 is 1.26 bits per heavy atom. The van der Waals surface area contributed by atoms with Crippen molar-refractivity contribution in [2.45, 2.75) is 25.4 Å². The van der Waals surface area contributed by atoms with Gasteiger partial charge in [0.15, 0.2) is 0 Å². The van der Waals surface area contributed by atoms with Crippen LogP contribution < -0.4 is 10.6 Å². The van der Waals surface area contributed by atoms with Crippen molar-refractivity contribution in [1.82, 2.24) is 15.4 Å². The molecule has 1 aromatic heterocycles. The first kappa shape index (κ1) is 27.8. The lowest BCUT2D eigenvalue weighted by atomic mass is 9.67. The number of aliphatic hydroxyl groups excluding tert-OH is 2. The van der Waals surface area contributed by atoms with Gasteiger partial charge in [-0.25, -0.2) is 14.0 Å². The van der Waals surface area contributed by atoms with Gasteiger partial charge in [0, 0.05) is 43.6 Å². The molecule has 0 saturated heterocycles. The summed E-state index contributed by atoms with van der Waals surface area (Å²) >= 11 is 5.96. The predicted octanol–water partition coefficient (Wildman–Crippen LogP) is 5.88.